The number of azide groups is 1. The molecule has 0 unspecified atom stereocenters. The zero-order chi connectivity index (χ0) is 10.9. The first-order valence-electron chi connectivity index (χ1n) is 4.50. The summed E-state index contributed by atoms with van der Waals surface area (Å²) >= 11 is 0. The van der Waals surface area contributed by atoms with Gasteiger partial charge in [-0.3, -0.25) is 0 Å². The third-order valence-corrected chi connectivity index (χ3v) is 1.82. The van der Waals surface area contributed by atoms with Gasteiger partial charge in [-0.2, -0.15) is 5.26 Å². The molecule has 0 aliphatic rings. The third kappa shape index (κ3) is 3.99. The summed E-state index contributed by atoms with van der Waals surface area (Å²) in [6, 6.07) is 9.78. The number of hydrogen-bond donors (Lipinski definition) is 0. The van der Waals surface area contributed by atoms with Gasteiger partial charge in [0, 0.05) is 11.5 Å². The predicted octanol–water partition coefficient (Wildman–Crippen LogP) is 3.08. The predicted molar refractivity (Wildman–Crippen MR) is 58.8 cm³/mol. The van der Waals surface area contributed by atoms with E-state index in [0.29, 0.717) is 13.0 Å². The minimum atomic E-state index is 0.358. The fraction of sp³-hybridized carbons (Fsp3) is 0.182. The molecule has 4 nitrogen and oxygen atoms in total. The Morgan fingerprint density at radius 3 is 2.73 bits per heavy atom. The molecule has 0 spiro atoms. The monoisotopic (exact) mass is 198 g/mol. The maximum absolute atomic E-state index is 8.48. The van der Waals surface area contributed by atoms with E-state index in [4.69, 9.17) is 10.8 Å². The highest BCUT2D eigenvalue weighted by molar-refractivity contribution is 5.49. The Balaban J connectivity index is 2.60. The Labute approximate surface area is 88.1 Å². The van der Waals surface area contributed by atoms with E-state index in [1.807, 2.05) is 30.3 Å². The van der Waals surface area contributed by atoms with E-state index in [0.717, 1.165) is 11.1 Å². The van der Waals surface area contributed by atoms with E-state index < -0.39 is 0 Å². The Morgan fingerprint density at radius 2 is 2.13 bits per heavy atom. The number of rotatable bonds is 4. The molecule has 0 aliphatic carbocycles. The minimum absolute atomic E-state index is 0.358. The lowest BCUT2D eigenvalue weighted by Gasteiger charge is -1.95. The van der Waals surface area contributed by atoms with Crippen LogP contribution in [-0.4, -0.2) is 6.54 Å². The van der Waals surface area contributed by atoms with Crippen LogP contribution in [0.5, 0.6) is 0 Å². The molecule has 0 N–H and O–H groups in total. The molecule has 1 aromatic carbocycles. The second kappa shape index (κ2) is 6.25. The van der Waals surface area contributed by atoms with Crippen molar-refractivity contribution < 1.29 is 0 Å². The van der Waals surface area contributed by atoms with Crippen LogP contribution in [0.1, 0.15) is 11.1 Å². The van der Waals surface area contributed by atoms with E-state index >= 15 is 0 Å². The summed E-state index contributed by atoms with van der Waals surface area (Å²) in [6.45, 7) is 0.358. The van der Waals surface area contributed by atoms with Crippen molar-refractivity contribution >= 4 is 6.08 Å². The molecule has 0 saturated heterocycles. The highest BCUT2D eigenvalue weighted by Gasteiger charge is 1.90. The number of nitrogens with zero attached hydrogens (tertiary/aromatic N) is 4. The van der Waals surface area contributed by atoms with Crippen molar-refractivity contribution in [2.24, 2.45) is 5.11 Å². The quantitative estimate of drug-likeness (QED) is 0.416. The van der Waals surface area contributed by atoms with Crippen molar-refractivity contribution in [3.8, 4) is 6.07 Å². The van der Waals surface area contributed by atoms with Crippen molar-refractivity contribution in [3.63, 3.8) is 0 Å². The van der Waals surface area contributed by atoms with Crippen LogP contribution in [0.25, 0.3) is 16.5 Å². The van der Waals surface area contributed by atoms with E-state index in [-0.39, 0.29) is 0 Å². The molecule has 1 rings (SSSR count). The Kier molecular flexibility index (Phi) is 4.52. The summed E-state index contributed by atoms with van der Waals surface area (Å²) < 4.78 is 0. The summed E-state index contributed by atoms with van der Waals surface area (Å²) in [7, 11) is 0. The fourth-order valence-corrected chi connectivity index (χ4v) is 1.11. The maximum atomic E-state index is 8.48. The molecule has 0 aliphatic heterocycles. The van der Waals surface area contributed by atoms with Crippen LogP contribution in [0, 0.1) is 11.3 Å². The summed E-state index contributed by atoms with van der Waals surface area (Å²) in [5.41, 5.74) is 10.1. The summed E-state index contributed by atoms with van der Waals surface area (Å²) in [6.07, 6.45) is 4.10. The first kappa shape index (κ1) is 10.8. The second-order valence-corrected chi connectivity index (χ2v) is 2.89. The zero-order valence-electron chi connectivity index (χ0n) is 8.17. The van der Waals surface area contributed by atoms with E-state index in [1.54, 1.807) is 6.08 Å². The molecule has 0 heterocycles. The first-order valence-corrected chi connectivity index (χ1v) is 4.50. The average Bonchev–Trinajstić information content (AvgIpc) is 2.27. The normalized spacial score (nSPS) is 9.53. The number of hydrogen-bond acceptors (Lipinski definition) is 2. The topological polar surface area (TPSA) is 72.5 Å². The standard InChI is InChI=1S/C11H10N4/c12-8-7-11-5-3-10(4-6-11)2-1-9-14-15-13/h1-6H,7,9H2. The molecule has 0 amide bonds. The van der Waals surface area contributed by atoms with Crippen molar-refractivity contribution in [1.29, 1.82) is 5.26 Å². The molecule has 1 aromatic rings. The average molecular weight is 198 g/mol. The Bertz CT molecular complexity index is 419. The minimum Gasteiger partial charge on any atom is -0.198 e. The molecule has 0 aromatic heterocycles. The van der Waals surface area contributed by atoms with Crippen molar-refractivity contribution in [1.82, 2.24) is 0 Å². The molecule has 15 heavy (non-hydrogen) atoms. The van der Waals surface area contributed by atoms with Gasteiger partial charge in [0.15, 0.2) is 0 Å². The van der Waals surface area contributed by atoms with Gasteiger partial charge in [-0.1, -0.05) is 41.5 Å². The Morgan fingerprint density at radius 1 is 1.40 bits per heavy atom. The smallest absolute Gasteiger partial charge is 0.0669 e. The van der Waals surface area contributed by atoms with Crippen LogP contribution in [0.15, 0.2) is 35.5 Å². The van der Waals surface area contributed by atoms with Crippen LogP contribution in [0.3, 0.4) is 0 Å². The van der Waals surface area contributed by atoms with Gasteiger partial charge in [-0.25, -0.2) is 0 Å². The van der Waals surface area contributed by atoms with Crippen molar-refractivity contribution in [3.05, 3.63) is 51.9 Å². The molecular weight excluding hydrogens is 188 g/mol. The third-order valence-electron chi connectivity index (χ3n) is 1.82. The summed E-state index contributed by atoms with van der Waals surface area (Å²) in [5.74, 6) is 0. The summed E-state index contributed by atoms with van der Waals surface area (Å²) in [5, 5.41) is 11.9. The zero-order valence-corrected chi connectivity index (χ0v) is 8.17. The van der Waals surface area contributed by atoms with Gasteiger partial charge in [0.1, 0.15) is 0 Å². The van der Waals surface area contributed by atoms with Gasteiger partial charge in [-0.05, 0) is 16.7 Å². The molecule has 0 fully saturated rings. The van der Waals surface area contributed by atoms with Gasteiger partial charge in [0.05, 0.1) is 12.5 Å². The Hall–Kier alpha value is -2.24. The molecule has 0 bridgehead atoms. The van der Waals surface area contributed by atoms with Crippen LogP contribution < -0.4 is 0 Å². The number of nitriles is 1. The van der Waals surface area contributed by atoms with Crippen LogP contribution >= 0.6 is 0 Å². The fourth-order valence-electron chi connectivity index (χ4n) is 1.11. The van der Waals surface area contributed by atoms with Gasteiger partial charge in [0.2, 0.25) is 0 Å². The SMILES string of the molecule is N#CCc1ccc(C=CCN=[N+]=[N-])cc1. The van der Waals surface area contributed by atoms with Gasteiger partial charge in [0.25, 0.3) is 0 Å². The molecule has 0 radical (unpaired) electrons. The van der Waals surface area contributed by atoms with Crippen LogP contribution in [0.4, 0.5) is 0 Å². The van der Waals surface area contributed by atoms with Gasteiger partial charge in [-0.15, -0.1) is 0 Å². The van der Waals surface area contributed by atoms with Gasteiger partial charge < -0.3 is 0 Å². The lowest BCUT2D eigenvalue weighted by Crippen LogP contribution is -1.80. The highest BCUT2D eigenvalue weighted by Crippen LogP contribution is 2.06. The molecule has 0 atom stereocenters. The molecule has 0 saturated carbocycles. The largest absolute Gasteiger partial charge is 0.198 e. The lowest BCUT2D eigenvalue weighted by atomic mass is 10.1. The van der Waals surface area contributed by atoms with E-state index in [1.165, 1.54) is 0 Å². The lowest BCUT2D eigenvalue weighted by molar-refractivity contribution is 1.22. The van der Waals surface area contributed by atoms with E-state index in [9.17, 15) is 0 Å². The summed E-state index contributed by atoms with van der Waals surface area (Å²) in [4.78, 5) is 2.64. The highest BCUT2D eigenvalue weighted by atomic mass is 15.1. The molecule has 4 heteroatoms. The second-order valence-electron chi connectivity index (χ2n) is 2.89. The van der Waals surface area contributed by atoms with Crippen molar-refractivity contribution in [2.45, 2.75) is 6.42 Å². The van der Waals surface area contributed by atoms with Gasteiger partial charge >= 0.3 is 0 Å². The first-order chi connectivity index (χ1) is 7.36. The van der Waals surface area contributed by atoms with Crippen molar-refractivity contribution in [2.75, 3.05) is 6.54 Å². The van der Waals surface area contributed by atoms with E-state index in [2.05, 4.69) is 16.1 Å². The maximum Gasteiger partial charge on any atom is 0.0669 e. The molecule has 74 valence electrons. The van der Waals surface area contributed by atoms with Crippen LogP contribution in [-0.2, 0) is 6.42 Å². The molecular formula is C11H10N4. The number of benzene rings is 1. The van der Waals surface area contributed by atoms with Crippen LogP contribution in [0.2, 0.25) is 0 Å².